The van der Waals surface area contributed by atoms with Gasteiger partial charge in [-0.3, -0.25) is 0 Å². The van der Waals surface area contributed by atoms with E-state index in [4.69, 9.17) is 10.7 Å². The number of aromatic nitrogens is 1. The van der Waals surface area contributed by atoms with E-state index < -0.39 is 9.05 Å². The second-order valence-electron chi connectivity index (χ2n) is 4.08. The van der Waals surface area contributed by atoms with Crippen LogP contribution in [0.4, 0.5) is 0 Å². The van der Waals surface area contributed by atoms with Crippen molar-refractivity contribution in [1.82, 2.24) is 4.98 Å². The van der Waals surface area contributed by atoms with Gasteiger partial charge in [-0.25, -0.2) is 13.4 Å². The predicted octanol–water partition coefficient (Wildman–Crippen LogP) is 4.26. The molecule has 2 heterocycles. The fourth-order valence-corrected chi connectivity index (χ4v) is 4.79. The lowest BCUT2D eigenvalue weighted by Gasteiger charge is -1.88. The van der Waals surface area contributed by atoms with E-state index in [1.165, 1.54) is 5.56 Å². The van der Waals surface area contributed by atoms with Crippen LogP contribution in [0, 0.1) is 6.92 Å². The van der Waals surface area contributed by atoms with Gasteiger partial charge in [0.05, 0.1) is 10.2 Å². The first-order chi connectivity index (χ1) is 8.93. The van der Waals surface area contributed by atoms with Crippen LogP contribution in [0.1, 0.15) is 5.56 Å². The minimum Gasteiger partial charge on any atom is -0.236 e. The number of benzene rings is 1. The Morgan fingerprint density at radius 3 is 2.74 bits per heavy atom. The molecule has 2 aromatic heterocycles. The molecule has 0 amide bonds. The van der Waals surface area contributed by atoms with Crippen LogP contribution in [-0.2, 0) is 9.05 Å². The molecule has 0 aliphatic carbocycles. The summed E-state index contributed by atoms with van der Waals surface area (Å²) in [6.07, 6.45) is 0. The second kappa shape index (κ2) is 4.56. The van der Waals surface area contributed by atoms with E-state index in [2.05, 4.69) is 11.1 Å². The molecule has 0 spiro atoms. The maximum Gasteiger partial charge on any atom is 0.270 e. The van der Waals surface area contributed by atoms with Crippen LogP contribution in [0.3, 0.4) is 0 Å². The van der Waals surface area contributed by atoms with E-state index >= 15 is 0 Å². The summed E-state index contributed by atoms with van der Waals surface area (Å²) in [5.41, 5.74) is 2.90. The molecule has 0 unspecified atom stereocenters. The molecule has 3 nitrogen and oxygen atoms in total. The zero-order chi connectivity index (χ0) is 13.6. The van der Waals surface area contributed by atoms with Crippen LogP contribution < -0.4 is 0 Å². The van der Waals surface area contributed by atoms with Gasteiger partial charge in [0.15, 0.2) is 0 Å². The van der Waals surface area contributed by atoms with E-state index in [-0.39, 0.29) is 4.21 Å². The molecular weight excluding hydrogens is 322 g/mol. The first kappa shape index (κ1) is 13.1. The van der Waals surface area contributed by atoms with Crippen molar-refractivity contribution in [2.24, 2.45) is 0 Å². The molecular formula is C12H8ClNO2S3. The minimum absolute atomic E-state index is 0.152. The van der Waals surface area contributed by atoms with Crippen molar-refractivity contribution < 1.29 is 8.42 Å². The number of thiophene rings is 1. The highest BCUT2D eigenvalue weighted by molar-refractivity contribution is 8.15. The normalized spacial score (nSPS) is 12.1. The van der Waals surface area contributed by atoms with Crippen molar-refractivity contribution in [2.45, 2.75) is 11.1 Å². The Labute approximate surface area is 122 Å². The van der Waals surface area contributed by atoms with Gasteiger partial charge in [-0.15, -0.1) is 22.7 Å². The summed E-state index contributed by atoms with van der Waals surface area (Å²) in [5, 5.41) is 2.57. The molecule has 7 heteroatoms. The van der Waals surface area contributed by atoms with Crippen LogP contribution in [0.15, 0.2) is 33.9 Å². The Morgan fingerprint density at radius 1 is 1.26 bits per heavy atom. The lowest BCUT2D eigenvalue weighted by molar-refractivity contribution is 0.611. The van der Waals surface area contributed by atoms with Crippen LogP contribution >= 0.6 is 33.4 Å². The predicted molar refractivity (Wildman–Crippen MR) is 80.7 cm³/mol. The third-order valence-electron chi connectivity index (χ3n) is 2.61. The van der Waals surface area contributed by atoms with Gasteiger partial charge < -0.3 is 0 Å². The maximum absolute atomic E-state index is 11.3. The van der Waals surface area contributed by atoms with Crippen molar-refractivity contribution in [2.75, 3.05) is 0 Å². The Balaban J connectivity index is 2.11. The minimum atomic E-state index is -3.66. The van der Waals surface area contributed by atoms with Crippen molar-refractivity contribution in [3.8, 4) is 10.6 Å². The second-order valence-corrected chi connectivity index (χ2v) is 8.82. The van der Waals surface area contributed by atoms with Gasteiger partial charge in [0.2, 0.25) is 0 Å². The number of nitrogens with zero attached hydrogens (tertiary/aromatic N) is 1. The Kier molecular flexibility index (Phi) is 3.13. The number of thiazole rings is 1. The molecule has 0 N–H and O–H groups in total. The van der Waals surface area contributed by atoms with Gasteiger partial charge in [0.25, 0.3) is 9.05 Å². The van der Waals surface area contributed by atoms with Crippen molar-refractivity contribution in [3.05, 3.63) is 35.2 Å². The van der Waals surface area contributed by atoms with E-state index in [9.17, 15) is 8.42 Å². The zero-order valence-corrected chi connectivity index (χ0v) is 13.0. The van der Waals surface area contributed by atoms with Gasteiger partial charge in [-0.2, -0.15) is 0 Å². The molecule has 0 atom stereocenters. The van der Waals surface area contributed by atoms with E-state index in [1.807, 2.05) is 19.1 Å². The molecule has 0 saturated heterocycles. The fourth-order valence-electron chi connectivity index (χ4n) is 1.71. The first-order valence-corrected chi connectivity index (χ1v) is 9.35. The van der Waals surface area contributed by atoms with Crippen molar-refractivity contribution >= 4 is 52.6 Å². The molecule has 98 valence electrons. The largest absolute Gasteiger partial charge is 0.270 e. The molecule has 1 aromatic carbocycles. The first-order valence-electron chi connectivity index (χ1n) is 5.34. The summed E-state index contributed by atoms with van der Waals surface area (Å²) in [5.74, 6) is 0. The molecule has 0 aliphatic rings. The number of fused-ring (bicyclic) bond motifs is 1. The highest BCUT2D eigenvalue weighted by atomic mass is 35.7. The number of halogens is 1. The third kappa shape index (κ3) is 2.53. The summed E-state index contributed by atoms with van der Waals surface area (Å²) in [4.78, 5) is 4.51. The Hall–Kier alpha value is -0.950. The van der Waals surface area contributed by atoms with Crippen LogP contribution in [-0.4, -0.2) is 13.4 Å². The van der Waals surface area contributed by atoms with Gasteiger partial charge in [0.1, 0.15) is 9.22 Å². The van der Waals surface area contributed by atoms with Crippen LogP contribution in [0.5, 0.6) is 0 Å². The monoisotopic (exact) mass is 329 g/mol. The highest BCUT2D eigenvalue weighted by Gasteiger charge is 2.15. The summed E-state index contributed by atoms with van der Waals surface area (Å²) < 4.78 is 23.8. The molecule has 0 saturated carbocycles. The zero-order valence-electron chi connectivity index (χ0n) is 9.75. The van der Waals surface area contributed by atoms with Crippen LogP contribution in [0.25, 0.3) is 20.8 Å². The molecule has 0 fully saturated rings. The standard InChI is InChI=1S/C12H8ClNO2S3/c1-7-2-3-9-10(4-7)18-12(14-9)8-5-11(17-6-8)19(13,15)16/h2-6H,1H3. The number of aryl methyl sites for hydroxylation is 1. The molecule has 0 aliphatic heterocycles. The van der Waals surface area contributed by atoms with Gasteiger partial charge in [-0.05, 0) is 30.7 Å². The quantitative estimate of drug-likeness (QED) is 0.660. The smallest absolute Gasteiger partial charge is 0.236 e. The maximum atomic E-state index is 11.3. The fraction of sp³-hybridized carbons (Fsp3) is 0.0833. The molecule has 3 aromatic rings. The van der Waals surface area contributed by atoms with Gasteiger partial charge in [-0.1, -0.05) is 6.07 Å². The van der Waals surface area contributed by atoms with E-state index in [0.717, 1.165) is 32.1 Å². The average Bonchev–Trinajstić information content (AvgIpc) is 2.92. The number of rotatable bonds is 2. The van der Waals surface area contributed by atoms with Gasteiger partial charge >= 0.3 is 0 Å². The van der Waals surface area contributed by atoms with Gasteiger partial charge in [0, 0.05) is 21.6 Å². The highest BCUT2D eigenvalue weighted by Crippen LogP contribution is 2.35. The summed E-state index contributed by atoms with van der Waals surface area (Å²) >= 11 is 2.66. The van der Waals surface area contributed by atoms with Crippen molar-refractivity contribution in [3.63, 3.8) is 0 Å². The van der Waals surface area contributed by atoms with Crippen LogP contribution in [0.2, 0.25) is 0 Å². The van der Waals surface area contributed by atoms with E-state index in [0.29, 0.717) is 0 Å². The molecule has 0 bridgehead atoms. The summed E-state index contributed by atoms with van der Waals surface area (Å²) in [6, 6.07) is 7.62. The lowest BCUT2D eigenvalue weighted by Crippen LogP contribution is -1.83. The number of hydrogen-bond acceptors (Lipinski definition) is 5. The number of hydrogen-bond donors (Lipinski definition) is 0. The summed E-state index contributed by atoms with van der Waals surface area (Å²) in [6.45, 7) is 2.03. The Bertz CT molecular complexity index is 864. The third-order valence-corrected chi connectivity index (χ3v) is 6.71. The molecule has 0 radical (unpaired) electrons. The average molecular weight is 330 g/mol. The molecule has 3 rings (SSSR count). The van der Waals surface area contributed by atoms with E-state index in [1.54, 1.807) is 22.8 Å². The SMILES string of the molecule is Cc1ccc2nc(-c3csc(S(=O)(=O)Cl)c3)sc2c1. The lowest BCUT2D eigenvalue weighted by atomic mass is 10.2. The Morgan fingerprint density at radius 2 is 2.05 bits per heavy atom. The van der Waals surface area contributed by atoms with Crippen molar-refractivity contribution in [1.29, 1.82) is 0 Å². The molecule has 19 heavy (non-hydrogen) atoms. The topological polar surface area (TPSA) is 47.0 Å². The summed E-state index contributed by atoms with van der Waals surface area (Å²) in [7, 11) is 1.67.